The summed E-state index contributed by atoms with van der Waals surface area (Å²) in [6, 6.07) is 7.66. The summed E-state index contributed by atoms with van der Waals surface area (Å²) in [7, 11) is 0. The summed E-state index contributed by atoms with van der Waals surface area (Å²) in [5.41, 5.74) is 1.13. The van der Waals surface area contributed by atoms with Crippen molar-refractivity contribution < 1.29 is 10.0 Å². The molecule has 0 aliphatic rings. The summed E-state index contributed by atoms with van der Waals surface area (Å²) in [6.45, 7) is 0.430. The van der Waals surface area contributed by atoms with Gasteiger partial charge in [0.2, 0.25) is 0 Å². The van der Waals surface area contributed by atoms with Gasteiger partial charge in [-0.1, -0.05) is 6.07 Å². The van der Waals surface area contributed by atoms with Crippen molar-refractivity contribution in [2.24, 2.45) is 0 Å². The lowest BCUT2D eigenvalue weighted by molar-refractivity contribution is -0.384. The molecule has 0 aliphatic heterocycles. The Hall–Kier alpha value is -2.63. The highest BCUT2D eigenvalue weighted by Gasteiger charge is 2.14. The molecule has 0 fully saturated rings. The fraction of sp³-hybridized carbons (Fsp3) is 0.0833. The summed E-state index contributed by atoms with van der Waals surface area (Å²) in [5.74, 6) is -0.131. The molecule has 18 heavy (non-hydrogen) atoms. The SMILES string of the molecule is O=[N+]([O-])c1cc(O)ccc1NCc1cccnc1. The standard InChI is InChI=1S/C12H11N3O3/c16-10-3-4-11(12(6-10)15(17)18)14-8-9-2-1-5-13-7-9/h1-7,14,16H,8H2. The normalized spacial score (nSPS) is 10.0. The molecule has 2 aromatic rings. The van der Waals surface area contributed by atoms with E-state index in [9.17, 15) is 15.2 Å². The van der Waals surface area contributed by atoms with E-state index >= 15 is 0 Å². The maximum absolute atomic E-state index is 10.8. The van der Waals surface area contributed by atoms with Crippen LogP contribution in [0.5, 0.6) is 5.75 Å². The van der Waals surface area contributed by atoms with Crippen molar-refractivity contribution in [3.05, 3.63) is 58.4 Å². The largest absolute Gasteiger partial charge is 0.508 e. The van der Waals surface area contributed by atoms with Crippen molar-refractivity contribution in [1.82, 2.24) is 4.98 Å². The average Bonchev–Trinajstić information content (AvgIpc) is 2.38. The zero-order chi connectivity index (χ0) is 13.0. The molecule has 1 heterocycles. The number of hydrogen-bond acceptors (Lipinski definition) is 5. The Labute approximate surface area is 103 Å². The number of rotatable bonds is 4. The van der Waals surface area contributed by atoms with Gasteiger partial charge in [0.15, 0.2) is 0 Å². The third kappa shape index (κ3) is 2.73. The summed E-state index contributed by atoms with van der Waals surface area (Å²) in [5, 5.41) is 23.0. The van der Waals surface area contributed by atoms with Crippen LogP contribution in [-0.4, -0.2) is 15.0 Å². The summed E-state index contributed by atoms with van der Waals surface area (Å²) in [4.78, 5) is 14.2. The quantitative estimate of drug-likeness (QED) is 0.490. The van der Waals surface area contributed by atoms with Gasteiger partial charge in [-0.2, -0.15) is 0 Å². The summed E-state index contributed by atoms with van der Waals surface area (Å²) in [6.07, 6.45) is 3.34. The Morgan fingerprint density at radius 2 is 2.22 bits per heavy atom. The van der Waals surface area contributed by atoms with E-state index in [0.29, 0.717) is 12.2 Å². The zero-order valence-corrected chi connectivity index (χ0v) is 9.41. The minimum Gasteiger partial charge on any atom is -0.508 e. The first kappa shape index (κ1) is 11.8. The molecule has 1 aromatic carbocycles. The number of phenols is 1. The molecule has 0 atom stereocenters. The van der Waals surface area contributed by atoms with Crippen LogP contribution >= 0.6 is 0 Å². The first-order valence-electron chi connectivity index (χ1n) is 5.27. The molecule has 0 unspecified atom stereocenters. The first-order valence-corrected chi connectivity index (χ1v) is 5.27. The Kier molecular flexibility index (Phi) is 3.38. The number of aromatic nitrogens is 1. The Morgan fingerprint density at radius 1 is 1.39 bits per heavy atom. The topological polar surface area (TPSA) is 88.3 Å². The van der Waals surface area contributed by atoms with Gasteiger partial charge < -0.3 is 10.4 Å². The molecule has 0 aliphatic carbocycles. The van der Waals surface area contributed by atoms with Crippen molar-refractivity contribution >= 4 is 11.4 Å². The molecular formula is C12H11N3O3. The second kappa shape index (κ2) is 5.13. The van der Waals surface area contributed by atoms with Gasteiger partial charge in [0, 0.05) is 18.9 Å². The Balaban J connectivity index is 2.17. The van der Waals surface area contributed by atoms with Crippen LogP contribution in [0.2, 0.25) is 0 Å². The molecule has 92 valence electrons. The number of aromatic hydroxyl groups is 1. The fourth-order valence-electron chi connectivity index (χ4n) is 1.52. The number of nitro groups is 1. The van der Waals surface area contributed by atoms with Gasteiger partial charge in [-0.05, 0) is 23.8 Å². The number of pyridine rings is 1. The zero-order valence-electron chi connectivity index (χ0n) is 9.41. The van der Waals surface area contributed by atoms with Crippen LogP contribution in [0.3, 0.4) is 0 Å². The third-order valence-corrected chi connectivity index (χ3v) is 2.38. The van der Waals surface area contributed by atoms with E-state index in [1.54, 1.807) is 18.5 Å². The molecule has 0 radical (unpaired) electrons. The molecule has 2 rings (SSSR count). The second-order valence-corrected chi connectivity index (χ2v) is 3.67. The van der Waals surface area contributed by atoms with E-state index in [4.69, 9.17) is 0 Å². The van der Waals surface area contributed by atoms with Gasteiger partial charge in [-0.3, -0.25) is 15.1 Å². The number of nitrogens with one attached hydrogen (secondary N) is 1. The van der Waals surface area contributed by atoms with Crippen molar-refractivity contribution in [3.8, 4) is 5.75 Å². The third-order valence-electron chi connectivity index (χ3n) is 2.38. The number of nitro benzene ring substituents is 1. The van der Waals surface area contributed by atoms with Crippen LogP contribution in [0.1, 0.15) is 5.56 Å². The lowest BCUT2D eigenvalue weighted by Crippen LogP contribution is -2.02. The van der Waals surface area contributed by atoms with Gasteiger partial charge in [-0.15, -0.1) is 0 Å². The summed E-state index contributed by atoms with van der Waals surface area (Å²) >= 11 is 0. The molecule has 0 bridgehead atoms. The van der Waals surface area contributed by atoms with E-state index in [-0.39, 0.29) is 11.4 Å². The van der Waals surface area contributed by atoms with Crippen LogP contribution in [-0.2, 0) is 6.54 Å². The molecule has 6 heteroatoms. The highest BCUT2D eigenvalue weighted by molar-refractivity contribution is 5.63. The Morgan fingerprint density at radius 3 is 2.89 bits per heavy atom. The van der Waals surface area contributed by atoms with Gasteiger partial charge in [0.05, 0.1) is 11.0 Å². The highest BCUT2D eigenvalue weighted by Crippen LogP contribution is 2.28. The fourth-order valence-corrected chi connectivity index (χ4v) is 1.52. The van der Waals surface area contributed by atoms with Gasteiger partial charge >= 0.3 is 0 Å². The van der Waals surface area contributed by atoms with Crippen LogP contribution in [0.4, 0.5) is 11.4 Å². The molecule has 2 N–H and O–H groups in total. The average molecular weight is 245 g/mol. The van der Waals surface area contributed by atoms with Crippen molar-refractivity contribution in [1.29, 1.82) is 0 Å². The second-order valence-electron chi connectivity index (χ2n) is 3.67. The monoisotopic (exact) mass is 245 g/mol. The lowest BCUT2D eigenvalue weighted by Gasteiger charge is -2.07. The van der Waals surface area contributed by atoms with E-state index in [2.05, 4.69) is 10.3 Å². The van der Waals surface area contributed by atoms with Crippen molar-refractivity contribution in [2.75, 3.05) is 5.32 Å². The van der Waals surface area contributed by atoms with Crippen LogP contribution in [0.15, 0.2) is 42.7 Å². The predicted molar refractivity (Wildman–Crippen MR) is 66.3 cm³/mol. The molecule has 0 spiro atoms. The Bertz CT molecular complexity index is 558. The maximum atomic E-state index is 10.8. The minimum absolute atomic E-state index is 0.131. The van der Waals surface area contributed by atoms with Gasteiger partial charge in [0.1, 0.15) is 11.4 Å². The molecule has 0 amide bonds. The lowest BCUT2D eigenvalue weighted by atomic mass is 10.2. The number of phenolic OH excluding ortho intramolecular Hbond substituents is 1. The van der Waals surface area contributed by atoms with Crippen molar-refractivity contribution in [3.63, 3.8) is 0 Å². The number of benzene rings is 1. The number of nitrogens with zero attached hydrogens (tertiary/aromatic N) is 2. The van der Waals surface area contributed by atoms with E-state index in [1.807, 2.05) is 6.07 Å². The van der Waals surface area contributed by atoms with Crippen LogP contribution < -0.4 is 5.32 Å². The van der Waals surface area contributed by atoms with E-state index < -0.39 is 4.92 Å². The van der Waals surface area contributed by atoms with Crippen molar-refractivity contribution in [2.45, 2.75) is 6.54 Å². The minimum atomic E-state index is -0.536. The molecule has 6 nitrogen and oxygen atoms in total. The highest BCUT2D eigenvalue weighted by atomic mass is 16.6. The molecule has 1 aromatic heterocycles. The van der Waals surface area contributed by atoms with Crippen LogP contribution in [0.25, 0.3) is 0 Å². The molecule has 0 saturated heterocycles. The van der Waals surface area contributed by atoms with Gasteiger partial charge in [0.25, 0.3) is 5.69 Å². The van der Waals surface area contributed by atoms with Crippen LogP contribution in [0, 0.1) is 10.1 Å². The first-order chi connectivity index (χ1) is 8.66. The molecular weight excluding hydrogens is 234 g/mol. The number of hydrogen-bond donors (Lipinski definition) is 2. The summed E-state index contributed by atoms with van der Waals surface area (Å²) < 4.78 is 0. The molecule has 0 saturated carbocycles. The maximum Gasteiger partial charge on any atom is 0.296 e. The van der Waals surface area contributed by atoms with Gasteiger partial charge in [-0.25, -0.2) is 0 Å². The van der Waals surface area contributed by atoms with E-state index in [0.717, 1.165) is 11.6 Å². The number of anilines is 1. The predicted octanol–water partition coefficient (Wildman–Crippen LogP) is 2.31. The van der Waals surface area contributed by atoms with E-state index in [1.165, 1.54) is 12.1 Å². The smallest absolute Gasteiger partial charge is 0.296 e.